The molecule has 4 rings (SSSR count). The summed E-state index contributed by atoms with van der Waals surface area (Å²) in [5.41, 5.74) is 5.05. The van der Waals surface area contributed by atoms with Crippen LogP contribution in [0.5, 0.6) is 0 Å². The SMILES string of the molecule is COC(=O)N1c2ccc3c(nc(Cc4ccccc4)n3CCC=O)c2CC[C@@H]1C. The van der Waals surface area contributed by atoms with Gasteiger partial charge in [-0.15, -0.1) is 0 Å². The van der Waals surface area contributed by atoms with Crippen molar-refractivity contribution in [1.82, 2.24) is 9.55 Å². The number of hydrogen-bond acceptors (Lipinski definition) is 4. The smallest absolute Gasteiger partial charge is 0.414 e. The van der Waals surface area contributed by atoms with Crippen LogP contribution in [0.1, 0.15) is 36.7 Å². The van der Waals surface area contributed by atoms with E-state index in [-0.39, 0.29) is 12.1 Å². The van der Waals surface area contributed by atoms with Crippen LogP contribution in [0.4, 0.5) is 10.5 Å². The van der Waals surface area contributed by atoms with Gasteiger partial charge >= 0.3 is 6.09 Å². The Morgan fingerprint density at radius 3 is 2.76 bits per heavy atom. The molecule has 29 heavy (non-hydrogen) atoms. The second kappa shape index (κ2) is 8.07. The van der Waals surface area contributed by atoms with Crippen molar-refractivity contribution in [3.05, 3.63) is 59.4 Å². The van der Waals surface area contributed by atoms with Gasteiger partial charge in [-0.25, -0.2) is 9.78 Å². The summed E-state index contributed by atoms with van der Waals surface area (Å²) in [7, 11) is 1.41. The lowest BCUT2D eigenvalue weighted by molar-refractivity contribution is -0.108. The van der Waals surface area contributed by atoms with Crippen LogP contribution >= 0.6 is 0 Å². The molecular weight excluding hydrogens is 366 g/mol. The van der Waals surface area contributed by atoms with E-state index in [0.717, 1.165) is 47.2 Å². The van der Waals surface area contributed by atoms with Gasteiger partial charge in [0.15, 0.2) is 0 Å². The van der Waals surface area contributed by atoms with Gasteiger partial charge in [0.25, 0.3) is 0 Å². The lowest BCUT2D eigenvalue weighted by atomic mass is 9.96. The Labute approximate surface area is 170 Å². The highest BCUT2D eigenvalue weighted by Gasteiger charge is 2.31. The predicted molar refractivity (Wildman–Crippen MR) is 112 cm³/mol. The summed E-state index contributed by atoms with van der Waals surface area (Å²) >= 11 is 0. The number of anilines is 1. The van der Waals surface area contributed by atoms with Gasteiger partial charge in [0.05, 0.1) is 23.8 Å². The zero-order valence-electron chi connectivity index (χ0n) is 16.8. The van der Waals surface area contributed by atoms with Crippen LogP contribution in [0.3, 0.4) is 0 Å². The zero-order chi connectivity index (χ0) is 20.4. The van der Waals surface area contributed by atoms with Gasteiger partial charge in [0.1, 0.15) is 12.1 Å². The average Bonchev–Trinajstić information content (AvgIpc) is 3.09. The van der Waals surface area contributed by atoms with Crippen molar-refractivity contribution >= 4 is 29.1 Å². The molecule has 0 unspecified atom stereocenters. The first-order valence-corrected chi connectivity index (χ1v) is 9.99. The second-order valence-corrected chi connectivity index (χ2v) is 7.46. The average molecular weight is 391 g/mol. The molecule has 6 nitrogen and oxygen atoms in total. The Kier molecular flexibility index (Phi) is 5.34. The van der Waals surface area contributed by atoms with E-state index in [1.807, 2.05) is 37.3 Å². The van der Waals surface area contributed by atoms with Gasteiger partial charge in [0, 0.05) is 31.0 Å². The van der Waals surface area contributed by atoms with Crippen molar-refractivity contribution in [1.29, 1.82) is 0 Å². The van der Waals surface area contributed by atoms with Crippen molar-refractivity contribution in [2.24, 2.45) is 0 Å². The quantitative estimate of drug-likeness (QED) is 0.614. The van der Waals surface area contributed by atoms with Gasteiger partial charge in [0.2, 0.25) is 0 Å². The molecule has 150 valence electrons. The number of carbonyl (C=O) groups excluding carboxylic acids is 2. The number of rotatable bonds is 5. The minimum atomic E-state index is -0.345. The molecule has 0 saturated carbocycles. The third-order valence-electron chi connectivity index (χ3n) is 5.64. The van der Waals surface area contributed by atoms with E-state index in [1.54, 1.807) is 4.90 Å². The third-order valence-corrected chi connectivity index (χ3v) is 5.64. The van der Waals surface area contributed by atoms with Gasteiger partial charge in [-0.05, 0) is 37.5 Å². The first-order valence-electron chi connectivity index (χ1n) is 9.99. The summed E-state index contributed by atoms with van der Waals surface area (Å²) in [6, 6.07) is 14.3. The molecule has 2 aromatic carbocycles. The molecule has 1 aliphatic rings. The Morgan fingerprint density at radius 2 is 2.03 bits per heavy atom. The molecular formula is C23H25N3O3. The molecule has 0 spiro atoms. The van der Waals surface area contributed by atoms with E-state index in [9.17, 15) is 9.59 Å². The molecule has 3 aromatic rings. The van der Waals surface area contributed by atoms with Crippen molar-refractivity contribution in [3.63, 3.8) is 0 Å². The first kappa shape index (κ1) is 19.2. The summed E-state index contributed by atoms with van der Waals surface area (Å²) in [5.74, 6) is 0.935. The maximum atomic E-state index is 12.4. The van der Waals surface area contributed by atoms with Crippen LogP contribution in [0, 0.1) is 0 Å². The number of aldehydes is 1. The molecule has 1 aliphatic heterocycles. The van der Waals surface area contributed by atoms with Crippen molar-refractivity contribution < 1.29 is 14.3 Å². The van der Waals surface area contributed by atoms with Gasteiger partial charge in [-0.3, -0.25) is 4.90 Å². The maximum Gasteiger partial charge on any atom is 0.414 e. The normalized spacial score (nSPS) is 15.9. The fourth-order valence-electron chi connectivity index (χ4n) is 4.20. The molecule has 0 radical (unpaired) electrons. The number of methoxy groups -OCH3 is 1. The number of aryl methyl sites for hydroxylation is 2. The van der Waals surface area contributed by atoms with E-state index >= 15 is 0 Å². The summed E-state index contributed by atoms with van der Waals surface area (Å²) in [6.07, 6.45) is 3.45. The van der Waals surface area contributed by atoms with E-state index in [2.05, 4.69) is 16.7 Å². The monoisotopic (exact) mass is 391 g/mol. The van der Waals surface area contributed by atoms with Crippen molar-refractivity contribution in [2.75, 3.05) is 12.0 Å². The van der Waals surface area contributed by atoms with Gasteiger partial charge < -0.3 is 14.1 Å². The highest BCUT2D eigenvalue weighted by molar-refractivity contribution is 5.95. The van der Waals surface area contributed by atoms with Crippen LogP contribution in [0.15, 0.2) is 42.5 Å². The van der Waals surface area contributed by atoms with Crippen LogP contribution < -0.4 is 4.90 Å². The molecule has 1 aromatic heterocycles. The minimum Gasteiger partial charge on any atom is -0.452 e. The van der Waals surface area contributed by atoms with Crippen LogP contribution in [0.2, 0.25) is 0 Å². The Morgan fingerprint density at radius 1 is 1.24 bits per heavy atom. The molecule has 1 amide bonds. The standard InChI is InChI=1S/C23H25N3O3/c1-16-9-10-18-19(26(16)23(28)29-2)11-12-20-22(18)24-21(25(20)13-6-14-27)15-17-7-4-3-5-8-17/h3-5,7-8,11-12,14,16H,6,9-10,13,15H2,1-2H3/t16-/m0/s1. The molecule has 0 fully saturated rings. The molecule has 0 N–H and O–H groups in total. The van der Waals surface area contributed by atoms with E-state index in [1.165, 1.54) is 12.7 Å². The predicted octanol–water partition coefficient (Wildman–Crippen LogP) is 4.12. The number of aromatic nitrogens is 2. The topological polar surface area (TPSA) is 64.4 Å². The first-order chi connectivity index (χ1) is 14.1. The molecule has 0 bridgehead atoms. The van der Waals surface area contributed by atoms with Crippen LogP contribution in [-0.4, -0.2) is 35.1 Å². The molecule has 2 heterocycles. The minimum absolute atomic E-state index is 0.0772. The van der Waals surface area contributed by atoms with Crippen molar-refractivity contribution in [2.45, 2.75) is 45.2 Å². The van der Waals surface area contributed by atoms with E-state index < -0.39 is 0 Å². The number of carbonyl (C=O) groups is 2. The highest BCUT2D eigenvalue weighted by atomic mass is 16.5. The van der Waals surface area contributed by atoms with Crippen LogP contribution in [-0.2, 0) is 28.9 Å². The summed E-state index contributed by atoms with van der Waals surface area (Å²) < 4.78 is 7.15. The van der Waals surface area contributed by atoms with Crippen LogP contribution in [0.25, 0.3) is 11.0 Å². The fraction of sp³-hybridized carbons (Fsp3) is 0.348. The van der Waals surface area contributed by atoms with E-state index in [4.69, 9.17) is 9.72 Å². The number of imidazole rings is 1. The third kappa shape index (κ3) is 3.50. The van der Waals surface area contributed by atoms with Gasteiger partial charge in [-0.2, -0.15) is 0 Å². The fourth-order valence-corrected chi connectivity index (χ4v) is 4.20. The van der Waals surface area contributed by atoms with Crippen molar-refractivity contribution in [3.8, 4) is 0 Å². The lowest BCUT2D eigenvalue weighted by Gasteiger charge is -2.34. The Bertz CT molecular complexity index is 1040. The lowest BCUT2D eigenvalue weighted by Crippen LogP contribution is -2.42. The second-order valence-electron chi connectivity index (χ2n) is 7.46. The summed E-state index contributed by atoms with van der Waals surface area (Å²) in [4.78, 5) is 30.1. The number of fused-ring (bicyclic) bond motifs is 3. The number of hydrogen-bond donors (Lipinski definition) is 0. The van der Waals surface area contributed by atoms with Gasteiger partial charge in [-0.1, -0.05) is 30.3 Å². The maximum absolute atomic E-state index is 12.4. The summed E-state index contributed by atoms with van der Waals surface area (Å²) in [6.45, 7) is 2.63. The molecule has 1 atom stereocenters. The summed E-state index contributed by atoms with van der Waals surface area (Å²) in [5, 5.41) is 0. The number of benzene rings is 2. The highest BCUT2D eigenvalue weighted by Crippen LogP contribution is 2.36. The Hall–Kier alpha value is -3.15. The van der Waals surface area contributed by atoms with E-state index in [0.29, 0.717) is 19.4 Å². The number of nitrogens with zero attached hydrogens (tertiary/aromatic N) is 3. The largest absolute Gasteiger partial charge is 0.452 e. The molecule has 0 saturated heterocycles. The Balaban J connectivity index is 1.84. The molecule has 0 aliphatic carbocycles. The molecule has 6 heteroatoms. The number of ether oxygens (including phenoxy) is 1. The number of amides is 1. The zero-order valence-corrected chi connectivity index (χ0v) is 16.8.